The van der Waals surface area contributed by atoms with E-state index in [0.717, 1.165) is 23.9 Å². The maximum absolute atomic E-state index is 11.9. The van der Waals surface area contributed by atoms with Gasteiger partial charge in [0.2, 0.25) is 0 Å². The van der Waals surface area contributed by atoms with Gasteiger partial charge in [-0.15, -0.1) is 0 Å². The molecule has 1 saturated carbocycles. The fraction of sp³-hybridized carbons (Fsp3) is 0.455. The number of carbonyl (C=O) groups excluding carboxylic acids is 1. The molecule has 1 fully saturated rings. The van der Waals surface area contributed by atoms with E-state index in [1.165, 1.54) is 0 Å². The molecule has 16 heavy (non-hydrogen) atoms. The lowest BCUT2D eigenvalue weighted by Gasteiger charge is -2.10. The molecule has 1 aliphatic rings. The normalized spacial score (nSPS) is 14.6. The maximum atomic E-state index is 11.9. The third-order valence-electron chi connectivity index (χ3n) is 2.36. The van der Waals surface area contributed by atoms with Gasteiger partial charge in [-0.3, -0.25) is 4.79 Å². The summed E-state index contributed by atoms with van der Waals surface area (Å²) in [6.45, 7) is 2.73. The second-order valence-corrected chi connectivity index (χ2v) is 4.74. The molecule has 0 atom stereocenters. The van der Waals surface area contributed by atoms with Crippen molar-refractivity contribution in [2.75, 3.05) is 11.9 Å². The first-order valence-electron chi connectivity index (χ1n) is 5.41. The molecule has 1 aromatic rings. The zero-order chi connectivity index (χ0) is 11.5. The number of rotatable bonds is 4. The molecule has 1 aromatic heterocycles. The molecule has 5 heteroatoms. The van der Waals surface area contributed by atoms with Crippen molar-refractivity contribution in [2.45, 2.75) is 25.8 Å². The Hall–Kier alpha value is -1.10. The first-order valence-corrected chi connectivity index (χ1v) is 6.20. The van der Waals surface area contributed by atoms with Gasteiger partial charge >= 0.3 is 0 Å². The molecule has 0 radical (unpaired) electrons. The number of nitrogens with one attached hydrogen (secondary N) is 2. The van der Waals surface area contributed by atoms with Gasteiger partial charge in [0.25, 0.3) is 5.91 Å². The molecule has 0 unspecified atom stereocenters. The number of hydrogen-bond acceptors (Lipinski definition) is 3. The Balaban J connectivity index is 2.20. The van der Waals surface area contributed by atoms with Crippen molar-refractivity contribution in [3.05, 3.63) is 22.3 Å². The number of halogens is 1. The van der Waals surface area contributed by atoms with Crippen molar-refractivity contribution >= 4 is 27.7 Å². The lowest BCUT2D eigenvalue weighted by molar-refractivity contribution is 0.0951. The first-order chi connectivity index (χ1) is 7.70. The van der Waals surface area contributed by atoms with E-state index in [4.69, 9.17) is 0 Å². The minimum absolute atomic E-state index is 0.0488. The summed E-state index contributed by atoms with van der Waals surface area (Å²) in [6, 6.07) is 2.16. The number of amides is 1. The van der Waals surface area contributed by atoms with Crippen molar-refractivity contribution in [1.82, 2.24) is 10.3 Å². The van der Waals surface area contributed by atoms with Crippen LogP contribution in [0.15, 0.2) is 16.7 Å². The summed E-state index contributed by atoms with van der Waals surface area (Å²) >= 11 is 3.33. The third kappa shape index (κ3) is 2.72. The van der Waals surface area contributed by atoms with E-state index in [1.54, 1.807) is 12.3 Å². The van der Waals surface area contributed by atoms with E-state index in [2.05, 4.69) is 31.5 Å². The molecule has 0 bridgehead atoms. The van der Waals surface area contributed by atoms with E-state index in [9.17, 15) is 4.79 Å². The van der Waals surface area contributed by atoms with Crippen LogP contribution in [-0.4, -0.2) is 23.5 Å². The largest absolute Gasteiger partial charge is 0.370 e. The predicted octanol–water partition coefficient (Wildman–Crippen LogP) is 2.17. The molecule has 1 aliphatic carbocycles. The topological polar surface area (TPSA) is 54.0 Å². The number of nitrogens with zero attached hydrogens (tertiary/aromatic N) is 1. The highest BCUT2D eigenvalue weighted by Gasteiger charge is 2.25. The minimum Gasteiger partial charge on any atom is -0.370 e. The molecule has 0 aliphatic heterocycles. The SMILES string of the molecule is CCNc1ncc(Br)cc1C(=O)NC1CC1. The average molecular weight is 284 g/mol. The summed E-state index contributed by atoms with van der Waals surface area (Å²) < 4.78 is 0.815. The first kappa shape index (κ1) is 11.4. The summed E-state index contributed by atoms with van der Waals surface area (Å²) in [5, 5.41) is 6.04. The predicted molar refractivity (Wildman–Crippen MR) is 66.6 cm³/mol. The second kappa shape index (κ2) is 4.82. The van der Waals surface area contributed by atoms with Gasteiger partial charge in [0.05, 0.1) is 5.56 Å². The highest BCUT2D eigenvalue weighted by atomic mass is 79.9. The third-order valence-corrected chi connectivity index (χ3v) is 2.79. The van der Waals surface area contributed by atoms with Crippen LogP contribution in [0.25, 0.3) is 0 Å². The quantitative estimate of drug-likeness (QED) is 0.891. The molecule has 0 spiro atoms. The smallest absolute Gasteiger partial charge is 0.255 e. The Morgan fingerprint density at radius 3 is 3.00 bits per heavy atom. The van der Waals surface area contributed by atoms with Gasteiger partial charge < -0.3 is 10.6 Å². The van der Waals surface area contributed by atoms with Crippen LogP contribution in [0.5, 0.6) is 0 Å². The Labute approximate surface area is 103 Å². The number of anilines is 1. The van der Waals surface area contributed by atoms with E-state index in [-0.39, 0.29) is 5.91 Å². The Morgan fingerprint density at radius 1 is 1.62 bits per heavy atom. The van der Waals surface area contributed by atoms with Crippen molar-refractivity contribution in [2.24, 2.45) is 0 Å². The van der Waals surface area contributed by atoms with Gasteiger partial charge in [-0.2, -0.15) is 0 Å². The van der Waals surface area contributed by atoms with Crippen LogP contribution in [0.4, 0.5) is 5.82 Å². The molecular weight excluding hydrogens is 270 g/mol. The van der Waals surface area contributed by atoms with Gasteiger partial charge in [0, 0.05) is 23.3 Å². The fourth-order valence-electron chi connectivity index (χ4n) is 1.41. The minimum atomic E-state index is -0.0488. The summed E-state index contributed by atoms with van der Waals surface area (Å²) in [5.74, 6) is 0.594. The molecule has 1 amide bonds. The van der Waals surface area contributed by atoms with Gasteiger partial charge in [0.15, 0.2) is 0 Å². The van der Waals surface area contributed by atoms with Gasteiger partial charge in [0.1, 0.15) is 5.82 Å². The molecule has 0 aromatic carbocycles. The van der Waals surface area contributed by atoms with Crippen LogP contribution in [0.2, 0.25) is 0 Å². The Bertz CT molecular complexity index is 404. The number of carbonyl (C=O) groups is 1. The summed E-state index contributed by atoms with van der Waals surface area (Å²) in [6.07, 6.45) is 3.86. The summed E-state index contributed by atoms with van der Waals surface area (Å²) in [7, 11) is 0. The van der Waals surface area contributed by atoms with E-state index in [1.807, 2.05) is 6.92 Å². The van der Waals surface area contributed by atoms with E-state index in [0.29, 0.717) is 17.4 Å². The van der Waals surface area contributed by atoms with Crippen molar-refractivity contribution in [1.29, 1.82) is 0 Å². The number of aromatic nitrogens is 1. The van der Waals surface area contributed by atoms with Crippen molar-refractivity contribution in [3.8, 4) is 0 Å². The maximum Gasteiger partial charge on any atom is 0.255 e. The molecule has 2 N–H and O–H groups in total. The number of hydrogen-bond donors (Lipinski definition) is 2. The van der Waals surface area contributed by atoms with Crippen LogP contribution in [0.3, 0.4) is 0 Å². The molecule has 1 heterocycles. The number of pyridine rings is 1. The Kier molecular flexibility index (Phi) is 3.43. The van der Waals surface area contributed by atoms with E-state index >= 15 is 0 Å². The molecular formula is C11H14BrN3O. The second-order valence-electron chi connectivity index (χ2n) is 3.83. The Morgan fingerprint density at radius 2 is 2.38 bits per heavy atom. The highest BCUT2D eigenvalue weighted by Crippen LogP contribution is 2.22. The van der Waals surface area contributed by atoms with Gasteiger partial charge in [-0.25, -0.2) is 4.98 Å². The zero-order valence-corrected chi connectivity index (χ0v) is 10.7. The lowest BCUT2D eigenvalue weighted by Crippen LogP contribution is -2.26. The summed E-state index contributed by atoms with van der Waals surface area (Å²) in [4.78, 5) is 16.1. The molecule has 86 valence electrons. The molecule has 2 rings (SSSR count). The average Bonchev–Trinajstić information content (AvgIpc) is 3.05. The van der Waals surface area contributed by atoms with Crippen LogP contribution in [0, 0.1) is 0 Å². The highest BCUT2D eigenvalue weighted by molar-refractivity contribution is 9.10. The van der Waals surface area contributed by atoms with Crippen molar-refractivity contribution < 1.29 is 4.79 Å². The van der Waals surface area contributed by atoms with Crippen LogP contribution < -0.4 is 10.6 Å². The summed E-state index contributed by atoms with van der Waals surface area (Å²) in [5.41, 5.74) is 0.600. The van der Waals surface area contributed by atoms with Crippen LogP contribution in [0.1, 0.15) is 30.1 Å². The van der Waals surface area contributed by atoms with Crippen LogP contribution >= 0.6 is 15.9 Å². The van der Waals surface area contributed by atoms with E-state index < -0.39 is 0 Å². The van der Waals surface area contributed by atoms with Crippen LogP contribution in [-0.2, 0) is 0 Å². The molecule has 0 saturated heterocycles. The van der Waals surface area contributed by atoms with Gasteiger partial charge in [-0.05, 0) is 41.8 Å². The lowest BCUT2D eigenvalue weighted by atomic mass is 10.2. The van der Waals surface area contributed by atoms with Gasteiger partial charge in [-0.1, -0.05) is 0 Å². The fourth-order valence-corrected chi connectivity index (χ4v) is 1.74. The molecule has 4 nitrogen and oxygen atoms in total. The van der Waals surface area contributed by atoms with Crippen molar-refractivity contribution in [3.63, 3.8) is 0 Å². The monoisotopic (exact) mass is 283 g/mol. The zero-order valence-electron chi connectivity index (χ0n) is 9.09. The standard InChI is InChI=1S/C11H14BrN3O/c1-2-13-10-9(5-7(12)6-14-10)11(16)15-8-3-4-8/h5-6,8H,2-4H2,1H3,(H,13,14)(H,15,16).